The number of carbonyl (C=O) groups excluding carboxylic acids is 1. The Balaban J connectivity index is 2.26. The van der Waals surface area contributed by atoms with Gasteiger partial charge in [-0.3, -0.25) is 9.89 Å². The summed E-state index contributed by atoms with van der Waals surface area (Å²) in [6.07, 6.45) is 3.41. The first-order valence-electron chi connectivity index (χ1n) is 5.67. The number of anilines is 1. The lowest BCUT2D eigenvalue weighted by atomic mass is 10.3. The molecule has 0 aliphatic rings. The van der Waals surface area contributed by atoms with E-state index in [4.69, 9.17) is 11.6 Å². The van der Waals surface area contributed by atoms with Crippen molar-refractivity contribution >= 4 is 23.3 Å². The molecule has 0 bridgehead atoms. The van der Waals surface area contributed by atoms with Gasteiger partial charge in [-0.25, -0.2) is 0 Å². The second kappa shape index (κ2) is 4.86. The second-order valence-electron chi connectivity index (χ2n) is 4.43. The van der Waals surface area contributed by atoms with Gasteiger partial charge in [0.05, 0.1) is 11.2 Å². The molecular weight excluding hydrogens is 252 g/mol. The molecule has 0 atom stereocenters. The van der Waals surface area contributed by atoms with Gasteiger partial charge in [-0.2, -0.15) is 5.10 Å². The van der Waals surface area contributed by atoms with Crippen LogP contribution >= 0.6 is 11.6 Å². The van der Waals surface area contributed by atoms with Crippen LogP contribution in [-0.2, 0) is 0 Å². The SMILES string of the molecule is Cc1cn[nH]c1NC(=O)c1cc(Cl)cn1C(C)C. The molecule has 0 fully saturated rings. The summed E-state index contributed by atoms with van der Waals surface area (Å²) in [5, 5.41) is 9.93. The number of nitrogens with one attached hydrogen (secondary N) is 2. The van der Waals surface area contributed by atoms with Gasteiger partial charge < -0.3 is 9.88 Å². The van der Waals surface area contributed by atoms with Crippen LogP contribution in [0.25, 0.3) is 0 Å². The van der Waals surface area contributed by atoms with Crippen LogP contribution in [0.4, 0.5) is 5.82 Å². The van der Waals surface area contributed by atoms with E-state index in [1.165, 1.54) is 0 Å². The van der Waals surface area contributed by atoms with E-state index in [9.17, 15) is 4.79 Å². The summed E-state index contributed by atoms with van der Waals surface area (Å²) in [5.74, 6) is 0.399. The Morgan fingerprint density at radius 1 is 1.56 bits per heavy atom. The number of nitrogens with zero attached hydrogens (tertiary/aromatic N) is 2. The van der Waals surface area contributed by atoms with Crippen LogP contribution in [0.15, 0.2) is 18.5 Å². The highest BCUT2D eigenvalue weighted by molar-refractivity contribution is 6.31. The topological polar surface area (TPSA) is 62.7 Å². The van der Waals surface area contributed by atoms with Gasteiger partial charge in [0.1, 0.15) is 11.5 Å². The van der Waals surface area contributed by atoms with Gasteiger partial charge in [0.2, 0.25) is 0 Å². The molecule has 2 rings (SSSR count). The third-order valence-electron chi connectivity index (χ3n) is 2.67. The number of hydrogen-bond donors (Lipinski definition) is 2. The fourth-order valence-corrected chi connectivity index (χ4v) is 1.91. The first-order chi connectivity index (χ1) is 8.49. The zero-order valence-corrected chi connectivity index (χ0v) is 11.2. The molecular formula is C12H15ClN4O. The molecule has 0 aliphatic heterocycles. The van der Waals surface area contributed by atoms with Crippen molar-refractivity contribution in [3.63, 3.8) is 0 Å². The van der Waals surface area contributed by atoms with Crippen LogP contribution in [0.3, 0.4) is 0 Å². The molecule has 0 spiro atoms. The molecule has 18 heavy (non-hydrogen) atoms. The summed E-state index contributed by atoms with van der Waals surface area (Å²) in [7, 11) is 0. The average molecular weight is 267 g/mol. The molecule has 5 nitrogen and oxygen atoms in total. The van der Waals surface area contributed by atoms with Crippen molar-refractivity contribution in [1.82, 2.24) is 14.8 Å². The smallest absolute Gasteiger partial charge is 0.273 e. The quantitative estimate of drug-likeness (QED) is 0.897. The van der Waals surface area contributed by atoms with Gasteiger partial charge in [-0.1, -0.05) is 11.6 Å². The number of amides is 1. The molecule has 0 aromatic carbocycles. The maximum atomic E-state index is 12.2. The maximum absolute atomic E-state index is 12.2. The summed E-state index contributed by atoms with van der Waals surface area (Å²) in [6.45, 7) is 5.86. The minimum Gasteiger partial charge on any atom is -0.339 e. The number of aryl methyl sites for hydroxylation is 1. The van der Waals surface area contributed by atoms with Gasteiger partial charge in [0.25, 0.3) is 5.91 Å². The summed E-state index contributed by atoms with van der Waals surface area (Å²) >= 11 is 5.95. The molecule has 0 saturated heterocycles. The lowest BCUT2D eigenvalue weighted by Crippen LogP contribution is -2.18. The highest BCUT2D eigenvalue weighted by atomic mass is 35.5. The summed E-state index contributed by atoms with van der Waals surface area (Å²) < 4.78 is 1.84. The highest BCUT2D eigenvalue weighted by Gasteiger charge is 2.16. The van der Waals surface area contributed by atoms with Crippen LogP contribution in [0.5, 0.6) is 0 Å². The first kappa shape index (κ1) is 12.7. The molecule has 0 saturated carbocycles. The van der Waals surface area contributed by atoms with Crippen molar-refractivity contribution in [3.05, 3.63) is 34.7 Å². The number of aromatic nitrogens is 3. The summed E-state index contributed by atoms with van der Waals surface area (Å²) in [6, 6.07) is 1.82. The third-order valence-corrected chi connectivity index (χ3v) is 2.88. The molecule has 2 heterocycles. The lowest BCUT2D eigenvalue weighted by molar-refractivity contribution is 0.101. The fourth-order valence-electron chi connectivity index (χ4n) is 1.71. The summed E-state index contributed by atoms with van der Waals surface area (Å²) in [5.41, 5.74) is 1.42. The highest BCUT2D eigenvalue weighted by Crippen LogP contribution is 2.20. The van der Waals surface area contributed by atoms with E-state index in [2.05, 4.69) is 15.5 Å². The number of H-pyrrole nitrogens is 1. The van der Waals surface area contributed by atoms with E-state index >= 15 is 0 Å². The number of hydrogen-bond acceptors (Lipinski definition) is 2. The average Bonchev–Trinajstić information content (AvgIpc) is 2.86. The Bertz CT molecular complexity index is 570. The van der Waals surface area contributed by atoms with Crippen molar-refractivity contribution < 1.29 is 4.79 Å². The zero-order chi connectivity index (χ0) is 13.3. The molecule has 0 radical (unpaired) electrons. The van der Waals surface area contributed by atoms with Crippen LogP contribution in [0.2, 0.25) is 5.02 Å². The van der Waals surface area contributed by atoms with Gasteiger partial charge >= 0.3 is 0 Å². The summed E-state index contributed by atoms with van der Waals surface area (Å²) in [4.78, 5) is 12.2. The Morgan fingerprint density at radius 2 is 2.28 bits per heavy atom. The van der Waals surface area contributed by atoms with E-state index in [0.29, 0.717) is 16.5 Å². The predicted octanol–water partition coefficient (Wildman–Crippen LogP) is 3.01. The van der Waals surface area contributed by atoms with E-state index in [1.54, 1.807) is 18.5 Å². The van der Waals surface area contributed by atoms with Gasteiger partial charge in [-0.15, -0.1) is 0 Å². The minimum atomic E-state index is -0.206. The standard InChI is InChI=1S/C12H15ClN4O/c1-7(2)17-6-9(13)4-10(17)12(18)15-11-8(3)5-14-16-11/h4-7H,1-3H3,(H2,14,15,16,18). The third kappa shape index (κ3) is 2.41. The Hall–Kier alpha value is -1.75. The molecule has 0 aliphatic carbocycles. The number of carbonyl (C=O) groups is 1. The van der Waals surface area contributed by atoms with Crippen molar-refractivity contribution in [2.24, 2.45) is 0 Å². The zero-order valence-electron chi connectivity index (χ0n) is 10.5. The minimum absolute atomic E-state index is 0.168. The van der Waals surface area contributed by atoms with Crippen LogP contribution in [0.1, 0.15) is 35.9 Å². The normalized spacial score (nSPS) is 10.9. The van der Waals surface area contributed by atoms with Gasteiger partial charge in [0, 0.05) is 17.8 Å². The number of halogens is 1. The molecule has 96 valence electrons. The maximum Gasteiger partial charge on any atom is 0.273 e. The molecule has 2 N–H and O–H groups in total. The monoisotopic (exact) mass is 266 g/mol. The van der Waals surface area contributed by atoms with Gasteiger partial charge in [0.15, 0.2) is 0 Å². The lowest BCUT2D eigenvalue weighted by Gasteiger charge is -2.12. The first-order valence-corrected chi connectivity index (χ1v) is 6.05. The van der Waals surface area contributed by atoms with E-state index < -0.39 is 0 Å². The molecule has 2 aromatic rings. The van der Waals surface area contributed by atoms with Crippen molar-refractivity contribution in [3.8, 4) is 0 Å². The Labute approximate surface area is 110 Å². The van der Waals surface area contributed by atoms with Crippen LogP contribution < -0.4 is 5.32 Å². The number of rotatable bonds is 3. The molecule has 0 unspecified atom stereocenters. The fraction of sp³-hybridized carbons (Fsp3) is 0.333. The molecule has 6 heteroatoms. The largest absolute Gasteiger partial charge is 0.339 e. The van der Waals surface area contributed by atoms with Crippen molar-refractivity contribution in [2.45, 2.75) is 26.8 Å². The Kier molecular flexibility index (Phi) is 3.43. The predicted molar refractivity (Wildman–Crippen MR) is 71.1 cm³/mol. The van der Waals surface area contributed by atoms with E-state index in [0.717, 1.165) is 5.56 Å². The Morgan fingerprint density at radius 3 is 2.83 bits per heavy atom. The van der Waals surface area contributed by atoms with Gasteiger partial charge in [-0.05, 0) is 26.8 Å². The molecule has 2 aromatic heterocycles. The van der Waals surface area contributed by atoms with Crippen molar-refractivity contribution in [2.75, 3.05) is 5.32 Å². The van der Waals surface area contributed by atoms with Crippen LogP contribution in [0, 0.1) is 6.92 Å². The van der Waals surface area contributed by atoms with Crippen molar-refractivity contribution in [1.29, 1.82) is 0 Å². The van der Waals surface area contributed by atoms with E-state index in [1.807, 2.05) is 25.3 Å². The van der Waals surface area contributed by atoms with E-state index in [-0.39, 0.29) is 11.9 Å². The molecule has 1 amide bonds. The van der Waals surface area contributed by atoms with Crippen LogP contribution in [-0.4, -0.2) is 20.7 Å². The second-order valence-corrected chi connectivity index (χ2v) is 4.86. The number of aromatic amines is 1.